The van der Waals surface area contributed by atoms with Crippen molar-refractivity contribution in [2.75, 3.05) is 17.3 Å². The van der Waals surface area contributed by atoms with Crippen molar-refractivity contribution in [3.05, 3.63) is 82.2 Å². The highest BCUT2D eigenvalue weighted by Gasteiger charge is 2.24. The van der Waals surface area contributed by atoms with Gasteiger partial charge >= 0.3 is 5.97 Å². The zero-order valence-corrected chi connectivity index (χ0v) is 18.4. The SMILES string of the molecule is CCc1c(C)sc(NC(=S)N(Cc2ccccc2)c2ccccc2)c1C(=O)OC. The van der Waals surface area contributed by atoms with E-state index in [0.29, 0.717) is 17.2 Å². The van der Waals surface area contributed by atoms with E-state index in [2.05, 4.69) is 17.4 Å². The number of anilines is 2. The minimum absolute atomic E-state index is 0.342. The summed E-state index contributed by atoms with van der Waals surface area (Å²) in [5.74, 6) is -0.342. The summed E-state index contributed by atoms with van der Waals surface area (Å²) in [5, 5.41) is 4.58. The third-order valence-electron chi connectivity index (χ3n) is 4.67. The van der Waals surface area contributed by atoms with Crippen molar-refractivity contribution in [2.24, 2.45) is 0 Å². The summed E-state index contributed by atoms with van der Waals surface area (Å²) in [6.07, 6.45) is 0.758. The first-order chi connectivity index (χ1) is 14.0. The molecule has 0 radical (unpaired) electrons. The van der Waals surface area contributed by atoms with Gasteiger partial charge in [-0.2, -0.15) is 0 Å². The first-order valence-corrected chi connectivity index (χ1v) is 10.7. The molecule has 3 aromatic rings. The molecule has 0 unspecified atom stereocenters. The van der Waals surface area contributed by atoms with Gasteiger partial charge in [0.25, 0.3) is 0 Å². The normalized spacial score (nSPS) is 10.4. The van der Waals surface area contributed by atoms with Crippen LogP contribution in [0.2, 0.25) is 0 Å². The summed E-state index contributed by atoms with van der Waals surface area (Å²) in [6.45, 7) is 4.67. The number of esters is 1. The average molecular weight is 425 g/mol. The number of benzene rings is 2. The lowest BCUT2D eigenvalue weighted by Gasteiger charge is -2.26. The van der Waals surface area contributed by atoms with E-state index in [-0.39, 0.29) is 5.97 Å². The largest absolute Gasteiger partial charge is 0.465 e. The number of aryl methyl sites for hydroxylation is 1. The molecule has 6 heteroatoms. The van der Waals surface area contributed by atoms with E-state index >= 15 is 0 Å². The van der Waals surface area contributed by atoms with Crippen LogP contribution in [0.4, 0.5) is 10.7 Å². The first kappa shape index (κ1) is 21.0. The third-order valence-corrected chi connectivity index (χ3v) is 6.05. The summed E-state index contributed by atoms with van der Waals surface area (Å²) in [5.41, 5.74) is 3.71. The first-order valence-electron chi connectivity index (χ1n) is 9.43. The Balaban J connectivity index is 1.94. The maximum Gasteiger partial charge on any atom is 0.341 e. The van der Waals surface area contributed by atoms with Gasteiger partial charge in [0.2, 0.25) is 0 Å². The zero-order chi connectivity index (χ0) is 20.8. The van der Waals surface area contributed by atoms with Crippen LogP contribution in [0.15, 0.2) is 60.7 Å². The number of hydrogen-bond acceptors (Lipinski definition) is 4. The van der Waals surface area contributed by atoms with E-state index in [1.54, 1.807) is 0 Å². The Bertz CT molecular complexity index is 985. The number of methoxy groups -OCH3 is 1. The fraction of sp³-hybridized carbons (Fsp3) is 0.217. The minimum atomic E-state index is -0.342. The molecular formula is C23H24N2O2S2. The molecule has 3 rings (SSSR count). The van der Waals surface area contributed by atoms with E-state index in [1.165, 1.54) is 18.4 Å². The quantitative estimate of drug-likeness (QED) is 0.399. The molecule has 0 saturated heterocycles. The monoisotopic (exact) mass is 424 g/mol. The number of rotatable bonds is 6. The number of thiocarbonyl (C=S) groups is 1. The second kappa shape index (κ2) is 9.67. The molecule has 4 nitrogen and oxygen atoms in total. The van der Waals surface area contributed by atoms with Crippen LogP contribution in [0.1, 0.15) is 33.3 Å². The highest BCUT2D eigenvalue weighted by molar-refractivity contribution is 7.80. The fourth-order valence-corrected chi connectivity index (χ4v) is 4.70. The van der Waals surface area contributed by atoms with Crippen LogP contribution in [0.25, 0.3) is 0 Å². The van der Waals surface area contributed by atoms with Gasteiger partial charge < -0.3 is 15.0 Å². The van der Waals surface area contributed by atoms with Gasteiger partial charge in [0, 0.05) is 10.6 Å². The molecule has 0 saturated carbocycles. The van der Waals surface area contributed by atoms with Crippen LogP contribution in [-0.4, -0.2) is 18.2 Å². The molecule has 1 heterocycles. The van der Waals surface area contributed by atoms with Crippen LogP contribution in [0, 0.1) is 6.92 Å². The van der Waals surface area contributed by atoms with Crippen LogP contribution in [0.5, 0.6) is 0 Å². The molecular weight excluding hydrogens is 400 g/mol. The molecule has 29 heavy (non-hydrogen) atoms. The van der Waals surface area contributed by atoms with Crippen molar-refractivity contribution in [2.45, 2.75) is 26.8 Å². The van der Waals surface area contributed by atoms with Crippen LogP contribution in [0.3, 0.4) is 0 Å². The lowest BCUT2D eigenvalue weighted by Crippen LogP contribution is -2.34. The predicted molar refractivity (Wildman–Crippen MR) is 125 cm³/mol. The van der Waals surface area contributed by atoms with Crippen molar-refractivity contribution in [3.63, 3.8) is 0 Å². The second-order valence-corrected chi connectivity index (χ2v) is 8.13. The summed E-state index contributed by atoms with van der Waals surface area (Å²) in [6, 6.07) is 20.2. The molecule has 0 aliphatic rings. The van der Waals surface area contributed by atoms with Gasteiger partial charge in [-0.1, -0.05) is 55.5 Å². The zero-order valence-electron chi connectivity index (χ0n) is 16.8. The van der Waals surface area contributed by atoms with Crippen molar-refractivity contribution in [1.29, 1.82) is 0 Å². The minimum Gasteiger partial charge on any atom is -0.465 e. The lowest BCUT2D eigenvalue weighted by molar-refractivity contribution is 0.0601. The average Bonchev–Trinajstić information content (AvgIpc) is 3.07. The highest BCUT2D eigenvalue weighted by atomic mass is 32.1. The predicted octanol–water partition coefficient (Wildman–Crippen LogP) is 5.81. The van der Waals surface area contributed by atoms with Crippen molar-refractivity contribution < 1.29 is 9.53 Å². The number of carbonyl (C=O) groups excluding carboxylic acids is 1. The second-order valence-electron chi connectivity index (χ2n) is 6.52. The molecule has 150 valence electrons. The van der Waals surface area contributed by atoms with E-state index in [1.807, 2.05) is 67.3 Å². The van der Waals surface area contributed by atoms with Gasteiger partial charge in [-0.25, -0.2) is 4.79 Å². The van der Waals surface area contributed by atoms with Gasteiger partial charge in [0.05, 0.1) is 19.2 Å². The number of hydrogen-bond donors (Lipinski definition) is 1. The summed E-state index contributed by atoms with van der Waals surface area (Å²) in [7, 11) is 1.41. The smallest absolute Gasteiger partial charge is 0.341 e. The molecule has 0 aliphatic heterocycles. The number of carbonyl (C=O) groups is 1. The van der Waals surface area contributed by atoms with E-state index < -0.39 is 0 Å². The van der Waals surface area contributed by atoms with Crippen molar-refractivity contribution in [1.82, 2.24) is 0 Å². The van der Waals surface area contributed by atoms with Gasteiger partial charge in [0.1, 0.15) is 5.00 Å². The molecule has 0 spiro atoms. The number of ether oxygens (including phenoxy) is 1. The molecule has 0 atom stereocenters. The molecule has 0 fully saturated rings. The van der Waals surface area contributed by atoms with Crippen molar-refractivity contribution >= 4 is 45.3 Å². The fourth-order valence-electron chi connectivity index (χ4n) is 3.23. The molecule has 0 bridgehead atoms. The van der Waals surface area contributed by atoms with Crippen LogP contribution < -0.4 is 10.2 Å². The number of thiophene rings is 1. The molecule has 1 N–H and O–H groups in total. The Morgan fingerprint density at radius 3 is 2.31 bits per heavy atom. The maximum atomic E-state index is 12.4. The summed E-state index contributed by atoms with van der Waals surface area (Å²) < 4.78 is 5.03. The molecule has 0 aliphatic carbocycles. The topological polar surface area (TPSA) is 41.6 Å². The number of nitrogens with one attached hydrogen (secondary N) is 1. The molecule has 2 aromatic carbocycles. The molecule has 0 amide bonds. The third kappa shape index (κ3) is 4.83. The van der Waals surface area contributed by atoms with Crippen molar-refractivity contribution in [3.8, 4) is 0 Å². The highest BCUT2D eigenvalue weighted by Crippen LogP contribution is 2.34. The number of para-hydroxylation sites is 1. The Morgan fingerprint density at radius 2 is 1.72 bits per heavy atom. The standard InChI is InChI=1S/C23H24N2O2S2/c1-4-19-16(2)29-21(20(19)22(26)27-3)24-23(28)25(18-13-9-6-10-14-18)15-17-11-7-5-8-12-17/h5-14H,4,15H2,1-3H3,(H,24,28). The maximum absolute atomic E-state index is 12.4. The van der Waals surface area contributed by atoms with Gasteiger partial charge in [0.15, 0.2) is 5.11 Å². The summed E-state index contributed by atoms with van der Waals surface area (Å²) >= 11 is 7.31. The van der Waals surface area contributed by atoms with Crippen LogP contribution in [-0.2, 0) is 17.7 Å². The van der Waals surface area contributed by atoms with E-state index in [4.69, 9.17) is 17.0 Å². The van der Waals surface area contributed by atoms with Crippen LogP contribution >= 0.6 is 23.6 Å². The van der Waals surface area contributed by atoms with Gasteiger partial charge in [-0.15, -0.1) is 11.3 Å². The Hall–Kier alpha value is -2.70. The van der Waals surface area contributed by atoms with Gasteiger partial charge in [-0.3, -0.25) is 0 Å². The van der Waals surface area contributed by atoms with E-state index in [9.17, 15) is 4.79 Å². The Kier molecular flexibility index (Phi) is 7.01. The summed E-state index contributed by atoms with van der Waals surface area (Å²) in [4.78, 5) is 15.6. The Labute approximate surface area is 181 Å². The number of nitrogens with zero attached hydrogens (tertiary/aromatic N) is 1. The molecule has 1 aromatic heterocycles. The van der Waals surface area contributed by atoms with E-state index in [0.717, 1.165) is 33.1 Å². The van der Waals surface area contributed by atoms with Gasteiger partial charge in [-0.05, 0) is 48.8 Å². The lowest BCUT2D eigenvalue weighted by atomic mass is 10.1. The Morgan fingerprint density at radius 1 is 1.10 bits per heavy atom.